The van der Waals surface area contributed by atoms with E-state index in [2.05, 4.69) is 17.6 Å². The van der Waals surface area contributed by atoms with Crippen molar-refractivity contribution in [3.05, 3.63) is 0 Å². The molecule has 22 heavy (non-hydrogen) atoms. The molecule has 4 amide bonds. The Balaban J connectivity index is 1.59. The van der Waals surface area contributed by atoms with Crippen molar-refractivity contribution in [3.63, 3.8) is 0 Å². The van der Waals surface area contributed by atoms with Gasteiger partial charge in [0.25, 0.3) is 5.91 Å². The van der Waals surface area contributed by atoms with E-state index < -0.39 is 11.6 Å². The molecule has 0 unspecified atom stereocenters. The van der Waals surface area contributed by atoms with Crippen LogP contribution < -0.4 is 10.6 Å². The zero-order valence-corrected chi connectivity index (χ0v) is 13.2. The van der Waals surface area contributed by atoms with E-state index in [1.165, 1.54) is 6.42 Å². The first-order valence-corrected chi connectivity index (χ1v) is 8.45. The van der Waals surface area contributed by atoms with Gasteiger partial charge in [-0.3, -0.25) is 14.5 Å². The van der Waals surface area contributed by atoms with Crippen molar-refractivity contribution >= 4 is 17.8 Å². The largest absolute Gasteiger partial charge is 0.352 e. The molecule has 1 heterocycles. The Morgan fingerprint density at radius 1 is 1.23 bits per heavy atom. The van der Waals surface area contributed by atoms with Crippen LogP contribution in [0.15, 0.2) is 0 Å². The number of nitrogens with zero attached hydrogens (tertiary/aromatic N) is 1. The normalized spacial score (nSPS) is 30.7. The summed E-state index contributed by atoms with van der Waals surface area (Å²) in [6.07, 6.45) is 7.72. The summed E-state index contributed by atoms with van der Waals surface area (Å²) in [7, 11) is 0. The van der Waals surface area contributed by atoms with Crippen molar-refractivity contribution in [2.75, 3.05) is 6.54 Å². The standard InChI is InChI=1S/C16H25N3O3/c1-11-6-2-3-7-12(11)17-13(20)10-19-14(21)16(18-15(19)22)8-4-5-9-16/h11-12H,2-10H2,1H3,(H,17,20)(H,18,22)/t11-,12-/m1/s1. The average molecular weight is 307 g/mol. The molecule has 2 atom stereocenters. The Labute approximate surface area is 131 Å². The van der Waals surface area contributed by atoms with E-state index in [1.807, 2.05) is 0 Å². The summed E-state index contributed by atoms with van der Waals surface area (Å²) in [4.78, 5) is 37.9. The van der Waals surface area contributed by atoms with E-state index >= 15 is 0 Å². The summed E-state index contributed by atoms with van der Waals surface area (Å²) in [6.45, 7) is 1.99. The second-order valence-corrected chi connectivity index (χ2v) is 7.05. The molecule has 3 fully saturated rings. The van der Waals surface area contributed by atoms with E-state index in [-0.39, 0.29) is 24.4 Å². The van der Waals surface area contributed by atoms with Crippen LogP contribution in [0, 0.1) is 5.92 Å². The number of nitrogens with one attached hydrogen (secondary N) is 2. The Hall–Kier alpha value is -1.59. The lowest BCUT2D eigenvalue weighted by atomic mass is 9.86. The number of hydrogen-bond acceptors (Lipinski definition) is 3. The molecule has 2 aliphatic carbocycles. The maximum atomic E-state index is 12.5. The van der Waals surface area contributed by atoms with Crippen molar-refractivity contribution in [2.45, 2.75) is 69.9 Å². The third-order valence-corrected chi connectivity index (χ3v) is 5.46. The van der Waals surface area contributed by atoms with Gasteiger partial charge in [0.05, 0.1) is 0 Å². The Kier molecular flexibility index (Phi) is 4.10. The molecule has 122 valence electrons. The van der Waals surface area contributed by atoms with Gasteiger partial charge in [0.15, 0.2) is 0 Å². The van der Waals surface area contributed by atoms with Gasteiger partial charge in [-0.05, 0) is 31.6 Å². The van der Waals surface area contributed by atoms with Gasteiger partial charge in [0.1, 0.15) is 12.1 Å². The Morgan fingerprint density at radius 2 is 1.91 bits per heavy atom. The van der Waals surface area contributed by atoms with E-state index in [9.17, 15) is 14.4 Å². The van der Waals surface area contributed by atoms with E-state index in [0.29, 0.717) is 18.8 Å². The maximum Gasteiger partial charge on any atom is 0.325 e. The summed E-state index contributed by atoms with van der Waals surface area (Å²) >= 11 is 0. The van der Waals surface area contributed by atoms with Gasteiger partial charge >= 0.3 is 6.03 Å². The third-order valence-electron chi connectivity index (χ3n) is 5.46. The lowest BCUT2D eigenvalue weighted by Gasteiger charge is -2.30. The lowest BCUT2D eigenvalue weighted by Crippen LogP contribution is -2.48. The van der Waals surface area contributed by atoms with Crippen molar-refractivity contribution in [3.8, 4) is 0 Å². The summed E-state index contributed by atoms with van der Waals surface area (Å²) in [5.41, 5.74) is -0.727. The number of rotatable bonds is 3. The van der Waals surface area contributed by atoms with Crippen LogP contribution in [-0.2, 0) is 9.59 Å². The summed E-state index contributed by atoms with van der Waals surface area (Å²) in [5.74, 6) is 0.0149. The van der Waals surface area contributed by atoms with Gasteiger partial charge in [-0.2, -0.15) is 0 Å². The SMILES string of the molecule is C[C@@H]1CCCC[C@H]1NC(=O)CN1C(=O)NC2(CCCC2)C1=O. The molecular formula is C16H25N3O3. The van der Waals surface area contributed by atoms with Crippen LogP contribution in [0.25, 0.3) is 0 Å². The lowest BCUT2D eigenvalue weighted by molar-refractivity contribution is -0.135. The van der Waals surface area contributed by atoms with Crippen LogP contribution >= 0.6 is 0 Å². The van der Waals surface area contributed by atoms with Crippen LogP contribution in [0.3, 0.4) is 0 Å². The number of imide groups is 1. The summed E-state index contributed by atoms with van der Waals surface area (Å²) in [5, 5.41) is 5.81. The molecule has 2 saturated carbocycles. The Morgan fingerprint density at radius 3 is 2.59 bits per heavy atom. The first kappa shape index (κ1) is 15.3. The second-order valence-electron chi connectivity index (χ2n) is 7.05. The van der Waals surface area contributed by atoms with Gasteiger partial charge in [0.2, 0.25) is 5.91 Å². The van der Waals surface area contributed by atoms with Crippen LogP contribution in [0.5, 0.6) is 0 Å². The fraction of sp³-hybridized carbons (Fsp3) is 0.812. The van der Waals surface area contributed by atoms with Crippen molar-refractivity contribution < 1.29 is 14.4 Å². The minimum absolute atomic E-state index is 0.157. The number of carbonyl (C=O) groups excluding carboxylic acids is 3. The Bertz CT molecular complexity index is 485. The molecule has 1 aliphatic heterocycles. The summed E-state index contributed by atoms with van der Waals surface area (Å²) < 4.78 is 0. The van der Waals surface area contributed by atoms with E-state index in [1.54, 1.807) is 0 Å². The van der Waals surface area contributed by atoms with Gasteiger partial charge in [0, 0.05) is 6.04 Å². The number of amides is 4. The molecule has 3 aliphatic rings. The van der Waals surface area contributed by atoms with Gasteiger partial charge < -0.3 is 10.6 Å². The van der Waals surface area contributed by atoms with E-state index in [4.69, 9.17) is 0 Å². The first-order chi connectivity index (χ1) is 10.5. The minimum atomic E-state index is -0.727. The number of urea groups is 1. The quantitative estimate of drug-likeness (QED) is 0.776. The predicted molar refractivity (Wildman–Crippen MR) is 81.0 cm³/mol. The molecule has 6 nitrogen and oxygen atoms in total. The van der Waals surface area contributed by atoms with E-state index in [0.717, 1.165) is 37.0 Å². The highest BCUT2D eigenvalue weighted by atomic mass is 16.2. The molecule has 0 aromatic carbocycles. The molecule has 0 aromatic heterocycles. The van der Waals surface area contributed by atoms with Crippen LogP contribution in [0.1, 0.15) is 58.3 Å². The highest BCUT2D eigenvalue weighted by Gasteiger charge is 2.52. The second kappa shape index (κ2) is 5.89. The molecule has 2 N–H and O–H groups in total. The molecule has 6 heteroatoms. The number of carbonyl (C=O) groups is 3. The molecule has 0 bridgehead atoms. The maximum absolute atomic E-state index is 12.5. The topological polar surface area (TPSA) is 78.5 Å². The molecule has 1 spiro atoms. The highest BCUT2D eigenvalue weighted by Crippen LogP contribution is 2.34. The zero-order valence-electron chi connectivity index (χ0n) is 13.2. The first-order valence-electron chi connectivity index (χ1n) is 8.45. The third kappa shape index (κ3) is 2.71. The van der Waals surface area contributed by atoms with Crippen molar-refractivity contribution in [1.29, 1.82) is 0 Å². The average Bonchev–Trinajstić information content (AvgIpc) is 3.03. The summed E-state index contributed by atoms with van der Waals surface area (Å²) in [6, 6.07) is -0.249. The minimum Gasteiger partial charge on any atom is -0.352 e. The molecule has 0 aromatic rings. The van der Waals surface area contributed by atoms with Gasteiger partial charge in [-0.15, -0.1) is 0 Å². The molecule has 3 rings (SSSR count). The smallest absolute Gasteiger partial charge is 0.325 e. The molecule has 0 radical (unpaired) electrons. The number of hydrogen-bond donors (Lipinski definition) is 2. The van der Waals surface area contributed by atoms with Crippen LogP contribution in [-0.4, -0.2) is 40.9 Å². The highest BCUT2D eigenvalue weighted by molar-refractivity contribution is 6.09. The fourth-order valence-corrected chi connectivity index (χ4v) is 4.06. The van der Waals surface area contributed by atoms with Gasteiger partial charge in [-0.1, -0.05) is 32.6 Å². The fourth-order valence-electron chi connectivity index (χ4n) is 4.06. The van der Waals surface area contributed by atoms with Crippen LogP contribution in [0.2, 0.25) is 0 Å². The monoisotopic (exact) mass is 307 g/mol. The van der Waals surface area contributed by atoms with Crippen LogP contribution in [0.4, 0.5) is 4.79 Å². The van der Waals surface area contributed by atoms with Crippen molar-refractivity contribution in [2.24, 2.45) is 5.92 Å². The van der Waals surface area contributed by atoms with Gasteiger partial charge in [-0.25, -0.2) is 4.79 Å². The van der Waals surface area contributed by atoms with Crippen molar-refractivity contribution in [1.82, 2.24) is 15.5 Å². The molecular weight excluding hydrogens is 282 g/mol. The molecule has 1 saturated heterocycles. The zero-order chi connectivity index (χ0) is 15.7. The predicted octanol–water partition coefficient (Wildman–Crippen LogP) is 1.55.